The maximum atomic E-state index is 13.8. The van der Waals surface area contributed by atoms with Gasteiger partial charge in [0.05, 0.1) is 18.1 Å². The number of aliphatic hydroxyl groups excluding tert-OH is 1. The summed E-state index contributed by atoms with van der Waals surface area (Å²) < 4.78 is 47.2. The molecule has 180 valence electrons. The van der Waals surface area contributed by atoms with E-state index in [-0.39, 0.29) is 24.5 Å². The number of fused-ring (bicyclic) bond motifs is 3. The van der Waals surface area contributed by atoms with Crippen molar-refractivity contribution in [3.05, 3.63) is 64.3 Å². The van der Waals surface area contributed by atoms with E-state index in [4.69, 9.17) is 9.84 Å². The highest BCUT2D eigenvalue weighted by Crippen LogP contribution is 2.43. The number of alkyl halides is 3. The van der Waals surface area contributed by atoms with Gasteiger partial charge in [-0.25, -0.2) is 0 Å². The average Bonchev–Trinajstić information content (AvgIpc) is 3.47. The predicted octanol–water partition coefficient (Wildman–Crippen LogP) is 5.90. The average molecular weight is 473 g/mol. The Morgan fingerprint density at radius 2 is 1.94 bits per heavy atom. The van der Waals surface area contributed by atoms with Crippen molar-refractivity contribution in [3.63, 3.8) is 0 Å². The molecule has 0 spiro atoms. The molecule has 0 amide bonds. The first-order chi connectivity index (χ1) is 16.2. The number of halogens is 3. The number of aliphatic carboxylic acids is 1. The Hall–Kier alpha value is -3.00. The second-order valence-corrected chi connectivity index (χ2v) is 9.37. The second kappa shape index (κ2) is 8.65. The van der Waals surface area contributed by atoms with Gasteiger partial charge in [0, 0.05) is 28.4 Å². The van der Waals surface area contributed by atoms with Gasteiger partial charge in [-0.15, -0.1) is 0 Å². The van der Waals surface area contributed by atoms with E-state index in [1.165, 1.54) is 6.07 Å². The molecule has 1 heterocycles. The first kappa shape index (κ1) is 22.8. The zero-order valence-corrected chi connectivity index (χ0v) is 18.5. The van der Waals surface area contributed by atoms with Crippen LogP contribution in [0.2, 0.25) is 0 Å². The molecule has 5 rings (SSSR count). The zero-order chi connectivity index (χ0) is 24.0. The summed E-state index contributed by atoms with van der Waals surface area (Å²) in [7, 11) is 0. The summed E-state index contributed by atoms with van der Waals surface area (Å²) in [5.41, 5.74) is 2.79. The molecular weight excluding hydrogens is 447 g/mol. The fourth-order valence-electron chi connectivity index (χ4n) is 5.57. The SMILES string of the molecule is O=C(O)C[C@H]1CCc2c1[nH]c1ccc(OCc3ccc([C@H]4CCC[C@H]4O)c(C(F)(F)F)c3)cc21. The molecule has 0 unspecified atom stereocenters. The van der Waals surface area contributed by atoms with Gasteiger partial charge in [0.1, 0.15) is 12.4 Å². The lowest BCUT2D eigenvalue weighted by molar-refractivity contribution is -0.139. The number of carbonyl (C=O) groups is 1. The number of rotatable bonds is 6. The number of hydrogen-bond acceptors (Lipinski definition) is 3. The maximum absolute atomic E-state index is 13.8. The van der Waals surface area contributed by atoms with Gasteiger partial charge in [0.2, 0.25) is 0 Å². The third-order valence-electron chi connectivity index (χ3n) is 7.19. The molecule has 3 aromatic rings. The molecule has 3 atom stereocenters. The summed E-state index contributed by atoms with van der Waals surface area (Å²) in [5, 5.41) is 20.2. The lowest BCUT2D eigenvalue weighted by Gasteiger charge is -2.21. The van der Waals surface area contributed by atoms with Crippen molar-refractivity contribution in [2.45, 2.75) is 69.2 Å². The van der Waals surface area contributed by atoms with Crippen LogP contribution in [0.25, 0.3) is 10.9 Å². The number of benzene rings is 2. The minimum absolute atomic E-state index is 0.0175. The Morgan fingerprint density at radius 1 is 1.12 bits per heavy atom. The number of aryl methyl sites for hydroxylation is 1. The third kappa shape index (κ3) is 4.27. The topological polar surface area (TPSA) is 82.5 Å². The number of aliphatic hydroxyl groups is 1. The van der Waals surface area contributed by atoms with Gasteiger partial charge >= 0.3 is 12.1 Å². The molecule has 1 aromatic heterocycles. The van der Waals surface area contributed by atoms with Crippen molar-refractivity contribution in [2.75, 3.05) is 0 Å². The smallest absolute Gasteiger partial charge is 0.416 e. The molecule has 2 aromatic carbocycles. The molecule has 0 bridgehead atoms. The largest absolute Gasteiger partial charge is 0.489 e. The number of aromatic nitrogens is 1. The fourth-order valence-corrected chi connectivity index (χ4v) is 5.57. The molecule has 8 heteroatoms. The van der Waals surface area contributed by atoms with Gasteiger partial charge in [-0.3, -0.25) is 4.79 Å². The van der Waals surface area contributed by atoms with Crippen LogP contribution < -0.4 is 4.74 Å². The maximum Gasteiger partial charge on any atom is 0.416 e. The Balaban J connectivity index is 1.36. The van der Waals surface area contributed by atoms with Crippen LogP contribution in [0.3, 0.4) is 0 Å². The van der Waals surface area contributed by atoms with E-state index in [1.807, 2.05) is 12.1 Å². The zero-order valence-electron chi connectivity index (χ0n) is 18.5. The number of aromatic amines is 1. The van der Waals surface area contributed by atoms with E-state index in [0.717, 1.165) is 47.5 Å². The van der Waals surface area contributed by atoms with Crippen LogP contribution >= 0.6 is 0 Å². The van der Waals surface area contributed by atoms with E-state index in [0.29, 0.717) is 24.2 Å². The van der Waals surface area contributed by atoms with Crippen LogP contribution in [0.15, 0.2) is 36.4 Å². The first-order valence-electron chi connectivity index (χ1n) is 11.6. The Labute approximate surface area is 194 Å². The number of carboxylic acid groups (broad SMARTS) is 1. The molecule has 5 nitrogen and oxygen atoms in total. The van der Waals surface area contributed by atoms with Crippen molar-refractivity contribution in [1.29, 1.82) is 0 Å². The van der Waals surface area contributed by atoms with Crippen LogP contribution in [-0.2, 0) is 24.0 Å². The minimum Gasteiger partial charge on any atom is -0.489 e. The highest BCUT2D eigenvalue weighted by Gasteiger charge is 2.38. The van der Waals surface area contributed by atoms with Gasteiger partial charge in [-0.05, 0) is 66.6 Å². The molecule has 2 aliphatic carbocycles. The summed E-state index contributed by atoms with van der Waals surface area (Å²) in [5.74, 6) is -0.816. The molecule has 1 saturated carbocycles. The van der Waals surface area contributed by atoms with E-state index < -0.39 is 29.7 Å². The van der Waals surface area contributed by atoms with Crippen molar-refractivity contribution in [2.24, 2.45) is 0 Å². The Kier molecular flexibility index (Phi) is 5.80. The van der Waals surface area contributed by atoms with E-state index in [2.05, 4.69) is 4.98 Å². The Morgan fingerprint density at radius 3 is 2.65 bits per heavy atom. The summed E-state index contributed by atoms with van der Waals surface area (Å²) >= 11 is 0. The normalized spacial score (nSPS) is 22.3. The number of H-pyrrole nitrogens is 1. The van der Waals surface area contributed by atoms with E-state index >= 15 is 0 Å². The third-order valence-corrected chi connectivity index (χ3v) is 7.19. The number of carboxylic acids is 1. The van der Waals surface area contributed by atoms with Gasteiger partial charge in [-0.1, -0.05) is 18.6 Å². The van der Waals surface area contributed by atoms with Crippen molar-refractivity contribution in [1.82, 2.24) is 4.98 Å². The van der Waals surface area contributed by atoms with Gasteiger partial charge in [-0.2, -0.15) is 13.2 Å². The summed E-state index contributed by atoms with van der Waals surface area (Å²) in [4.78, 5) is 14.5. The molecule has 3 N–H and O–H groups in total. The predicted molar refractivity (Wildman–Crippen MR) is 120 cm³/mol. The Bertz CT molecular complexity index is 1230. The van der Waals surface area contributed by atoms with Crippen LogP contribution in [0.4, 0.5) is 13.2 Å². The molecular formula is C26H26F3NO4. The second-order valence-electron chi connectivity index (χ2n) is 9.37. The lowest BCUT2D eigenvalue weighted by Crippen LogP contribution is -2.18. The van der Waals surface area contributed by atoms with E-state index in [9.17, 15) is 23.1 Å². The molecule has 34 heavy (non-hydrogen) atoms. The fraction of sp³-hybridized carbons (Fsp3) is 0.423. The van der Waals surface area contributed by atoms with Crippen LogP contribution in [0.1, 0.15) is 71.9 Å². The van der Waals surface area contributed by atoms with Gasteiger partial charge in [0.15, 0.2) is 0 Å². The highest BCUT2D eigenvalue weighted by atomic mass is 19.4. The highest BCUT2D eigenvalue weighted by molar-refractivity contribution is 5.87. The molecule has 0 aliphatic heterocycles. The quantitative estimate of drug-likeness (QED) is 0.416. The summed E-state index contributed by atoms with van der Waals surface area (Å²) in [6, 6.07) is 9.72. The molecule has 1 fully saturated rings. The number of nitrogens with one attached hydrogen (secondary N) is 1. The van der Waals surface area contributed by atoms with Crippen molar-refractivity contribution in [3.8, 4) is 5.75 Å². The lowest BCUT2D eigenvalue weighted by atomic mass is 9.90. The minimum atomic E-state index is -4.51. The van der Waals surface area contributed by atoms with Crippen LogP contribution in [0.5, 0.6) is 5.75 Å². The van der Waals surface area contributed by atoms with E-state index in [1.54, 1.807) is 12.1 Å². The summed E-state index contributed by atoms with van der Waals surface area (Å²) in [6.07, 6.45) is -1.83. The van der Waals surface area contributed by atoms with Gasteiger partial charge in [0.25, 0.3) is 0 Å². The molecule has 0 saturated heterocycles. The van der Waals surface area contributed by atoms with Crippen LogP contribution in [-0.4, -0.2) is 27.3 Å². The monoisotopic (exact) mass is 473 g/mol. The molecule has 0 radical (unpaired) electrons. The van der Waals surface area contributed by atoms with Gasteiger partial charge < -0.3 is 19.9 Å². The number of ether oxygens (including phenoxy) is 1. The van der Waals surface area contributed by atoms with Crippen molar-refractivity contribution < 1.29 is 32.9 Å². The number of hydrogen-bond donors (Lipinski definition) is 3. The first-order valence-corrected chi connectivity index (χ1v) is 11.6. The summed E-state index contributed by atoms with van der Waals surface area (Å²) in [6.45, 7) is -0.0175. The van der Waals surface area contributed by atoms with Crippen LogP contribution in [0, 0.1) is 0 Å². The standard InChI is InChI=1S/C26H26F3NO4/c27-26(28,29)21-10-14(4-7-17(21)18-2-1-3-23(18)31)13-34-16-6-9-22-20(12-16)19-8-5-15(11-24(32)33)25(19)30-22/h4,6-7,9-10,12,15,18,23,30-31H,1-3,5,8,11,13H2,(H,32,33)/t15-,18-,23-/m1/s1. The molecule has 2 aliphatic rings. The van der Waals surface area contributed by atoms with Crippen molar-refractivity contribution >= 4 is 16.9 Å².